The third kappa shape index (κ3) is 1.47. The number of hydrogen-bond acceptors (Lipinski definition) is 3. The fourth-order valence-electron chi connectivity index (χ4n) is 1.15. The maximum atomic E-state index is 11.2. The van der Waals surface area contributed by atoms with Crippen LogP contribution in [0.2, 0.25) is 0 Å². The first kappa shape index (κ1) is 8.77. The zero-order chi connectivity index (χ0) is 9.14. The molecule has 1 N–H and O–H groups in total. The van der Waals surface area contributed by atoms with E-state index in [0.717, 1.165) is 6.07 Å². The zero-order valence-corrected chi connectivity index (χ0v) is 7.24. The first-order valence-electron chi connectivity index (χ1n) is 3.98. The van der Waals surface area contributed by atoms with Gasteiger partial charge in [0.05, 0.1) is 6.07 Å². The van der Waals surface area contributed by atoms with Crippen LogP contribution >= 0.6 is 0 Å². The van der Waals surface area contributed by atoms with Gasteiger partial charge in [0.25, 0.3) is 5.56 Å². The van der Waals surface area contributed by atoms with Crippen LogP contribution in [0.3, 0.4) is 0 Å². The van der Waals surface area contributed by atoms with E-state index in [1.165, 1.54) is 0 Å². The Hall–Kier alpha value is -1.32. The van der Waals surface area contributed by atoms with Gasteiger partial charge in [-0.25, -0.2) is 4.98 Å². The Morgan fingerprint density at radius 1 is 1.58 bits per heavy atom. The van der Waals surface area contributed by atoms with Crippen molar-refractivity contribution in [2.75, 3.05) is 0 Å². The standard InChI is InChI=1S/C8H12N2O2/c1-3-6-9-7(11)5-8(12)10(6)4-2/h5,11H,3-4H2,1-2H3. The lowest BCUT2D eigenvalue weighted by Gasteiger charge is -2.06. The van der Waals surface area contributed by atoms with Crippen molar-refractivity contribution in [2.24, 2.45) is 0 Å². The molecule has 0 aliphatic rings. The van der Waals surface area contributed by atoms with Gasteiger partial charge in [-0.15, -0.1) is 0 Å². The number of aromatic nitrogens is 2. The summed E-state index contributed by atoms with van der Waals surface area (Å²) in [6, 6.07) is 1.13. The van der Waals surface area contributed by atoms with Gasteiger partial charge >= 0.3 is 0 Å². The fourth-order valence-corrected chi connectivity index (χ4v) is 1.15. The summed E-state index contributed by atoms with van der Waals surface area (Å²) in [5.41, 5.74) is -0.193. The van der Waals surface area contributed by atoms with Crippen LogP contribution < -0.4 is 5.56 Å². The quantitative estimate of drug-likeness (QED) is 0.700. The number of aromatic hydroxyl groups is 1. The van der Waals surface area contributed by atoms with Crippen molar-refractivity contribution in [3.8, 4) is 5.88 Å². The fraction of sp³-hybridized carbons (Fsp3) is 0.500. The Balaban J connectivity index is 3.34. The van der Waals surface area contributed by atoms with Gasteiger partial charge in [0.2, 0.25) is 5.88 Å². The van der Waals surface area contributed by atoms with E-state index in [4.69, 9.17) is 5.11 Å². The Labute approximate surface area is 70.5 Å². The molecule has 12 heavy (non-hydrogen) atoms. The van der Waals surface area contributed by atoms with Gasteiger partial charge in [0, 0.05) is 13.0 Å². The predicted molar refractivity (Wildman–Crippen MR) is 45.2 cm³/mol. The summed E-state index contributed by atoms with van der Waals surface area (Å²) in [4.78, 5) is 15.1. The van der Waals surface area contributed by atoms with Crippen LogP contribution in [0, 0.1) is 0 Å². The van der Waals surface area contributed by atoms with Gasteiger partial charge in [0.1, 0.15) is 5.82 Å². The molecule has 0 aliphatic carbocycles. The largest absolute Gasteiger partial charge is 0.493 e. The summed E-state index contributed by atoms with van der Waals surface area (Å²) in [5, 5.41) is 9.02. The highest BCUT2D eigenvalue weighted by Crippen LogP contribution is 2.01. The zero-order valence-electron chi connectivity index (χ0n) is 7.24. The SMILES string of the molecule is CCc1nc(O)cc(=O)n1CC. The van der Waals surface area contributed by atoms with Crippen LogP contribution in [0.25, 0.3) is 0 Å². The number of rotatable bonds is 2. The average molecular weight is 168 g/mol. The monoisotopic (exact) mass is 168 g/mol. The topological polar surface area (TPSA) is 55.1 Å². The van der Waals surface area contributed by atoms with E-state index in [2.05, 4.69) is 4.98 Å². The molecule has 0 saturated carbocycles. The summed E-state index contributed by atoms with van der Waals surface area (Å²) in [6.45, 7) is 4.36. The molecule has 1 aromatic heterocycles. The van der Waals surface area contributed by atoms with E-state index in [9.17, 15) is 4.79 Å². The molecule has 0 aliphatic heterocycles. The normalized spacial score (nSPS) is 10.2. The summed E-state index contributed by atoms with van der Waals surface area (Å²) in [6.07, 6.45) is 0.650. The molecule has 0 atom stereocenters. The second-order valence-corrected chi connectivity index (χ2v) is 2.47. The summed E-state index contributed by atoms with van der Waals surface area (Å²) in [5.74, 6) is 0.434. The molecule has 0 bridgehead atoms. The molecule has 1 aromatic rings. The van der Waals surface area contributed by atoms with Gasteiger partial charge < -0.3 is 5.11 Å². The van der Waals surface area contributed by atoms with Crippen molar-refractivity contribution in [3.63, 3.8) is 0 Å². The van der Waals surface area contributed by atoms with Crippen LogP contribution in [0.5, 0.6) is 5.88 Å². The van der Waals surface area contributed by atoms with Gasteiger partial charge in [0.15, 0.2) is 0 Å². The highest BCUT2D eigenvalue weighted by atomic mass is 16.3. The molecule has 66 valence electrons. The van der Waals surface area contributed by atoms with E-state index in [0.29, 0.717) is 18.8 Å². The Bertz CT molecular complexity index is 330. The van der Waals surface area contributed by atoms with E-state index in [1.54, 1.807) is 4.57 Å². The molecular formula is C8H12N2O2. The highest BCUT2D eigenvalue weighted by Gasteiger charge is 2.03. The van der Waals surface area contributed by atoms with Crippen LogP contribution in [-0.2, 0) is 13.0 Å². The lowest BCUT2D eigenvalue weighted by Crippen LogP contribution is -2.22. The summed E-state index contributed by atoms with van der Waals surface area (Å²) >= 11 is 0. The lowest BCUT2D eigenvalue weighted by atomic mass is 10.4. The Kier molecular flexibility index (Phi) is 2.47. The molecule has 0 unspecified atom stereocenters. The Morgan fingerprint density at radius 2 is 2.25 bits per heavy atom. The van der Waals surface area contributed by atoms with Crippen molar-refractivity contribution in [1.29, 1.82) is 0 Å². The van der Waals surface area contributed by atoms with Gasteiger partial charge in [-0.2, -0.15) is 0 Å². The number of nitrogens with zero attached hydrogens (tertiary/aromatic N) is 2. The lowest BCUT2D eigenvalue weighted by molar-refractivity contribution is 0.441. The van der Waals surface area contributed by atoms with E-state index in [1.807, 2.05) is 13.8 Å². The molecule has 4 heteroatoms. The van der Waals surface area contributed by atoms with Crippen molar-refractivity contribution >= 4 is 0 Å². The van der Waals surface area contributed by atoms with Crippen LogP contribution in [0.1, 0.15) is 19.7 Å². The molecule has 0 radical (unpaired) electrons. The van der Waals surface area contributed by atoms with E-state index >= 15 is 0 Å². The molecule has 0 aromatic carbocycles. The van der Waals surface area contributed by atoms with E-state index in [-0.39, 0.29) is 11.4 Å². The maximum absolute atomic E-state index is 11.2. The molecule has 1 rings (SSSR count). The first-order chi connectivity index (χ1) is 5.69. The smallest absolute Gasteiger partial charge is 0.257 e. The molecular weight excluding hydrogens is 156 g/mol. The van der Waals surface area contributed by atoms with Gasteiger partial charge in [-0.05, 0) is 6.92 Å². The van der Waals surface area contributed by atoms with Crippen LogP contribution in [-0.4, -0.2) is 14.7 Å². The van der Waals surface area contributed by atoms with E-state index < -0.39 is 0 Å². The summed E-state index contributed by atoms with van der Waals surface area (Å²) < 4.78 is 1.54. The average Bonchev–Trinajstić information content (AvgIpc) is 2.03. The van der Waals surface area contributed by atoms with Crippen molar-refractivity contribution in [3.05, 3.63) is 22.2 Å². The molecule has 0 amide bonds. The first-order valence-corrected chi connectivity index (χ1v) is 3.98. The second-order valence-electron chi connectivity index (χ2n) is 2.47. The Morgan fingerprint density at radius 3 is 2.75 bits per heavy atom. The minimum atomic E-state index is -0.193. The molecule has 0 saturated heterocycles. The van der Waals surface area contributed by atoms with Gasteiger partial charge in [-0.3, -0.25) is 9.36 Å². The molecule has 0 spiro atoms. The minimum Gasteiger partial charge on any atom is -0.493 e. The third-order valence-corrected chi connectivity index (χ3v) is 1.71. The van der Waals surface area contributed by atoms with Crippen molar-refractivity contribution in [1.82, 2.24) is 9.55 Å². The third-order valence-electron chi connectivity index (χ3n) is 1.71. The maximum Gasteiger partial charge on any atom is 0.257 e. The van der Waals surface area contributed by atoms with Crippen molar-refractivity contribution in [2.45, 2.75) is 26.8 Å². The second kappa shape index (κ2) is 3.38. The number of hydrogen-bond donors (Lipinski definition) is 1. The van der Waals surface area contributed by atoms with Gasteiger partial charge in [-0.1, -0.05) is 6.92 Å². The van der Waals surface area contributed by atoms with Crippen LogP contribution in [0.4, 0.5) is 0 Å². The van der Waals surface area contributed by atoms with Crippen molar-refractivity contribution < 1.29 is 5.11 Å². The molecule has 0 fully saturated rings. The summed E-state index contributed by atoms with van der Waals surface area (Å²) in [7, 11) is 0. The molecule has 1 heterocycles. The predicted octanol–water partition coefficient (Wildman–Crippen LogP) is 0.531. The molecule has 4 nitrogen and oxygen atoms in total. The highest BCUT2D eigenvalue weighted by molar-refractivity contribution is 5.08. The minimum absolute atomic E-state index is 0.193. The van der Waals surface area contributed by atoms with Crippen LogP contribution in [0.15, 0.2) is 10.9 Å². The number of aryl methyl sites for hydroxylation is 1.